The molecule has 0 aromatic carbocycles. The van der Waals surface area contributed by atoms with E-state index in [9.17, 15) is 9.59 Å². The van der Waals surface area contributed by atoms with Crippen LogP contribution < -0.4 is 11.1 Å². The molecule has 0 saturated heterocycles. The van der Waals surface area contributed by atoms with Gasteiger partial charge < -0.3 is 20.9 Å². The molecule has 0 spiro atoms. The predicted octanol–water partition coefficient (Wildman–Crippen LogP) is 3.46. The fourth-order valence-electron chi connectivity index (χ4n) is 3.57. The zero-order valence-electron chi connectivity index (χ0n) is 17.7. The highest BCUT2D eigenvalue weighted by Gasteiger charge is 2.26. The van der Waals surface area contributed by atoms with Gasteiger partial charge in [0.15, 0.2) is 0 Å². The van der Waals surface area contributed by atoms with E-state index in [0.717, 1.165) is 33.3 Å². The molecular formula is C23H29N5O2S. The van der Waals surface area contributed by atoms with E-state index in [0.29, 0.717) is 45.3 Å². The fraction of sp³-hybridized carbons (Fsp3) is 0.348. The quantitative estimate of drug-likeness (QED) is 0.493. The van der Waals surface area contributed by atoms with Gasteiger partial charge in [0.1, 0.15) is 5.82 Å². The van der Waals surface area contributed by atoms with E-state index < -0.39 is 0 Å². The van der Waals surface area contributed by atoms with Gasteiger partial charge in [-0.3, -0.25) is 9.59 Å². The normalized spacial score (nSPS) is 13.3. The second-order valence-corrected chi connectivity index (χ2v) is 8.52. The molecule has 0 saturated carbocycles. The summed E-state index contributed by atoms with van der Waals surface area (Å²) < 4.78 is 0. The number of nitrogens with zero attached hydrogens (tertiary/aromatic N) is 2. The van der Waals surface area contributed by atoms with Crippen molar-refractivity contribution < 1.29 is 9.59 Å². The number of fused-ring (bicyclic) bond motifs is 1. The van der Waals surface area contributed by atoms with Crippen molar-refractivity contribution in [3.05, 3.63) is 71.2 Å². The Morgan fingerprint density at radius 3 is 2.90 bits per heavy atom. The topological polar surface area (TPSA) is 104 Å². The number of nitrogens with one attached hydrogen (secondary N) is 2. The van der Waals surface area contributed by atoms with Crippen LogP contribution in [0.3, 0.4) is 0 Å². The van der Waals surface area contributed by atoms with Crippen molar-refractivity contribution in [3.8, 4) is 0 Å². The lowest BCUT2D eigenvalue weighted by Gasteiger charge is -2.27. The molecule has 3 heterocycles. The van der Waals surface area contributed by atoms with Gasteiger partial charge in [0.05, 0.1) is 11.5 Å². The van der Waals surface area contributed by atoms with E-state index in [1.54, 1.807) is 18.5 Å². The summed E-state index contributed by atoms with van der Waals surface area (Å²) in [6.45, 7) is 9.15. The lowest BCUT2D eigenvalue weighted by molar-refractivity contribution is -0.132. The Labute approximate surface area is 186 Å². The summed E-state index contributed by atoms with van der Waals surface area (Å²) in [5.41, 5.74) is 9.04. The Morgan fingerprint density at radius 1 is 1.35 bits per heavy atom. The van der Waals surface area contributed by atoms with Crippen molar-refractivity contribution in [1.82, 2.24) is 14.9 Å². The zero-order chi connectivity index (χ0) is 22.2. The van der Waals surface area contributed by atoms with Crippen LogP contribution in [-0.2, 0) is 35.5 Å². The van der Waals surface area contributed by atoms with E-state index >= 15 is 0 Å². The number of carbonyl (C=O) groups is 2. The number of aromatic amines is 1. The summed E-state index contributed by atoms with van der Waals surface area (Å²) in [7, 11) is 0. The molecule has 0 fully saturated rings. The van der Waals surface area contributed by atoms with Crippen LogP contribution in [0.2, 0.25) is 0 Å². The van der Waals surface area contributed by atoms with Gasteiger partial charge in [0.2, 0.25) is 11.8 Å². The van der Waals surface area contributed by atoms with Gasteiger partial charge in [-0.15, -0.1) is 11.3 Å². The average molecular weight is 440 g/mol. The molecule has 0 unspecified atom stereocenters. The number of allylic oxidation sites excluding steroid dienone is 4. The number of H-pyrrole nitrogens is 1. The summed E-state index contributed by atoms with van der Waals surface area (Å²) in [4.78, 5) is 35.3. The Hall–Kier alpha value is -2.97. The zero-order valence-corrected chi connectivity index (χ0v) is 18.5. The maximum Gasteiger partial charge on any atom is 0.225 e. The maximum absolute atomic E-state index is 12.6. The smallest absolute Gasteiger partial charge is 0.225 e. The molecule has 2 aromatic rings. The first kappa shape index (κ1) is 22.7. The molecular weight excluding hydrogens is 410 g/mol. The van der Waals surface area contributed by atoms with Crippen LogP contribution in [0.5, 0.6) is 0 Å². The van der Waals surface area contributed by atoms with Gasteiger partial charge in [0, 0.05) is 55.2 Å². The third kappa shape index (κ3) is 6.02. The van der Waals surface area contributed by atoms with Gasteiger partial charge in [-0.05, 0) is 18.4 Å². The van der Waals surface area contributed by atoms with Crippen molar-refractivity contribution in [3.63, 3.8) is 0 Å². The molecule has 31 heavy (non-hydrogen) atoms. The molecule has 2 aromatic heterocycles. The van der Waals surface area contributed by atoms with E-state index in [1.807, 2.05) is 17.1 Å². The van der Waals surface area contributed by atoms with Gasteiger partial charge in [0.25, 0.3) is 0 Å². The van der Waals surface area contributed by atoms with Crippen LogP contribution in [0.4, 0.5) is 5.00 Å². The second kappa shape index (κ2) is 10.9. The molecule has 0 radical (unpaired) electrons. The van der Waals surface area contributed by atoms with Gasteiger partial charge in [-0.2, -0.15) is 0 Å². The predicted molar refractivity (Wildman–Crippen MR) is 125 cm³/mol. The van der Waals surface area contributed by atoms with Crippen LogP contribution in [-0.4, -0.2) is 33.2 Å². The summed E-state index contributed by atoms with van der Waals surface area (Å²) in [5, 5.41) is 3.82. The third-order valence-electron chi connectivity index (χ3n) is 5.25. The lowest BCUT2D eigenvalue weighted by atomic mass is 10.0. The summed E-state index contributed by atoms with van der Waals surface area (Å²) >= 11 is 1.53. The number of carbonyl (C=O) groups excluding carboxylic acids is 2. The molecule has 0 bridgehead atoms. The molecule has 1 aliphatic heterocycles. The minimum Gasteiger partial charge on any atom is -0.349 e. The van der Waals surface area contributed by atoms with Crippen LogP contribution >= 0.6 is 11.3 Å². The van der Waals surface area contributed by atoms with Crippen LogP contribution in [0.15, 0.2) is 49.4 Å². The molecule has 7 nitrogen and oxygen atoms in total. The highest BCUT2D eigenvalue weighted by atomic mass is 32.1. The van der Waals surface area contributed by atoms with Crippen LogP contribution in [0, 0.1) is 0 Å². The Kier molecular flexibility index (Phi) is 7.97. The number of hydrogen-bond donors (Lipinski definition) is 3. The minimum atomic E-state index is -0.0622. The number of amides is 2. The number of rotatable bonds is 10. The van der Waals surface area contributed by atoms with Gasteiger partial charge in [-0.1, -0.05) is 37.0 Å². The van der Waals surface area contributed by atoms with Gasteiger partial charge >= 0.3 is 0 Å². The number of thiophene rings is 1. The average Bonchev–Trinajstić information content (AvgIpc) is 3.41. The number of aryl methyl sites for hydroxylation is 1. The Bertz CT molecular complexity index is 975. The van der Waals surface area contributed by atoms with Crippen molar-refractivity contribution in [2.45, 2.75) is 45.2 Å². The van der Waals surface area contributed by atoms with Crippen LogP contribution in [0.1, 0.15) is 41.1 Å². The van der Waals surface area contributed by atoms with Crippen LogP contribution in [0.25, 0.3) is 0 Å². The summed E-state index contributed by atoms with van der Waals surface area (Å²) in [5.74, 6) is 0.870. The van der Waals surface area contributed by atoms with Gasteiger partial charge in [-0.25, -0.2) is 4.98 Å². The van der Waals surface area contributed by atoms with Crippen molar-refractivity contribution in [2.75, 3.05) is 11.9 Å². The minimum absolute atomic E-state index is 0.0622. The Morgan fingerprint density at radius 2 is 2.19 bits per heavy atom. The number of anilines is 1. The molecule has 4 N–H and O–H groups in total. The molecule has 0 aliphatic carbocycles. The standard InChI is InChI=1S/C23H29N5O2S/c1-3-4-5-16(2)6-8-21(29)27-23-18(14-24)17-10-13-28(15-19(17)31-23)22(30)9-7-20-25-11-12-26-20/h3-5,11-12H,1-2,6-10,13-15,24H2,(H,25,26)(H,27,29)/b5-4-. The monoisotopic (exact) mass is 439 g/mol. The number of imidazole rings is 1. The fourth-order valence-corrected chi connectivity index (χ4v) is 4.88. The first-order valence-corrected chi connectivity index (χ1v) is 11.2. The highest BCUT2D eigenvalue weighted by molar-refractivity contribution is 7.16. The summed E-state index contributed by atoms with van der Waals surface area (Å²) in [6, 6.07) is 0. The molecule has 3 rings (SSSR count). The summed E-state index contributed by atoms with van der Waals surface area (Å²) in [6.07, 6.45) is 11.5. The number of hydrogen-bond acceptors (Lipinski definition) is 5. The van der Waals surface area contributed by atoms with E-state index in [2.05, 4.69) is 28.4 Å². The maximum atomic E-state index is 12.6. The van der Waals surface area contributed by atoms with Crippen molar-refractivity contribution >= 4 is 28.2 Å². The highest BCUT2D eigenvalue weighted by Crippen LogP contribution is 2.37. The lowest BCUT2D eigenvalue weighted by Crippen LogP contribution is -2.35. The number of aromatic nitrogens is 2. The van der Waals surface area contributed by atoms with E-state index in [1.165, 1.54) is 16.9 Å². The van der Waals surface area contributed by atoms with Crippen molar-refractivity contribution in [1.29, 1.82) is 0 Å². The number of nitrogens with two attached hydrogens (primary N) is 1. The SMILES string of the molecule is C=C/C=C\C(=C)CCC(=O)Nc1sc2c(c1CN)CCN(C(=O)CCc1ncc[nH]1)C2. The first-order valence-electron chi connectivity index (χ1n) is 10.4. The molecule has 8 heteroatoms. The molecule has 1 aliphatic rings. The molecule has 164 valence electrons. The van der Waals surface area contributed by atoms with E-state index in [-0.39, 0.29) is 11.8 Å². The Balaban J connectivity index is 1.59. The largest absolute Gasteiger partial charge is 0.349 e. The molecule has 0 atom stereocenters. The second-order valence-electron chi connectivity index (χ2n) is 7.42. The van der Waals surface area contributed by atoms with E-state index in [4.69, 9.17) is 5.73 Å². The first-order chi connectivity index (χ1) is 15.0. The van der Waals surface area contributed by atoms with Crippen molar-refractivity contribution in [2.24, 2.45) is 5.73 Å². The third-order valence-corrected chi connectivity index (χ3v) is 6.42. The molecule has 2 amide bonds.